The Hall–Kier alpha value is -2.78. The van der Waals surface area contributed by atoms with E-state index in [1.54, 1.807) is 13.2 Å². The lowest BCUT2D eigenvalue weighted by atomic mass is 10.1. The second-order valence-electron chi connectivity index (χ2n) is 4.42. The number of hydrogen-bond acceptors (Lipinski definition) is 6. The Bertz CT molecular complexity index is 777. The largest absolute Gasteiger partial charge is 0.357 e. The van der Waals surface area contributed by atoms with Crippen LogP contribution in [0.1, 0.15) is 5.56 Å². The van der Waals surface area contributed by atoms with Crippen LogP contribution >= 0.6 is 11.8 Å². The monoisotopic (exact) mass is 307 g/mol. The van der Waals surface area contributed by atoms with E-state index in [1.807, 2.05) is 46.7 Å². The van der Waals surface area contributed by atoms with E-state index in [0.29, 0.717) is 5.95 Å². The van der Waals surface area contributed by atoms with E-state index in [0.717, 1.165) is 22.1 Å². The molecule has 0 aliphatic carbocycles. The molecule has 1 N–H and O–H groups in total. The van der Waals surface area contributed by atoms with Crippen molar-refractivity contribution in [3.63, 3.8) is 0 Å². The Morgan fingerprint density at radius 3 is 2.82 bits per heavy atom. The minimum atomic E-state index is 0.540. The zero-order valence-electron chi connectivity index (χ0n) is 11.9. The van der Waals surface area contributed by atoms with Crippen LogP contribution in [0.25, 0.3) is 5.70 Å². The number of hydrogen-bond donors (Lipinski definition) is 1. The maximum absolute atomic E-state index is 9.01. The summed E-state index contributed by atoms with van der Waals surface area (Å²) in [5.41, 5.74) is 2.06. The van der Waals surface area contributed by atoms with Crippen molar-refractivity contribution < 1.29 is 0 Å². The van der Waals surface area contributed by atoms with E-state index < -0.39 is 0 Å². The highest BCUT2D eigenvalue weighted by Crippen LogP contribution is 2.42. The van der Waals surface area contributed by atoms with Crippen LogP contribution in [0.2, 0.25) is 0 Å². The van der Waals surface area contributed by atoms with E-state index in [9.17, 15) is 0 Å². The average Bonchev–Trinajstić information content (AvgIpc) is 3.00. The number of rotatable bonds is 3. The molecule has 0 atom stereocenters. The van der Waals surface area contributed by atoms with Crippen LogP contribution in [0.5, 0.6) is 0 Å². The predicted octanol–water partition coefficient (Wildman–Crippen LogP) is 3.44. The summed E-state index contributed by atoms with van der Waals surface area (Å²) in [6, 6.07) is 14.0. The first-order valence-electron chi connectivity index (χ1n) is 6.66. The fraction of sp³-hybridized carbons (Fsp3) is 0.0625. The van der Waals surface area contributed by atoms with Crippen molar-refractivity contribution in [2.24, 2.45) is 0 Å². The number of aromatic nitrogens is 2. The minimum absolute atomic E-state index is 0.540. The van der Waals surface area contributed by atoms with Gasteiger partial charge in [-0.25, -0.2) is 4.98 Å². The van der Waals surface area contributed by atoms with E-state index in [2.05, 4.69) is 21.4 Å². The van der Waals surface area contributed by atoms with Gasteiger partial charge in [0.05, 0.1) is 16.8 Å². The van der Waals surface area contributed by atoms with E-state index >= 15 is 0 Å². The highest BCUT2D eigenvalue weighted by atomic mass is 32.2. The molecule has 5 nitrogen and oxygen atoms in total. The molecule has 108 valence electrons. The molecule has 1 aliphatic heterocycles. The van der Waals surface area contributed by atoms with Gasteiger partial charge in [-0.3, -0.25) is 4.90 Å². The van der Waals surface area contributed by atoms with Crippen molar-refractivity contribution in [2.45, 2.75) is 0 Å². The smallest absolute Gasteiger partial charge is 0.224 e. The molecule has 0 fully saturated rings. The molecule has 22 heavy (non-hydrogen) atoms. The van der Waals surface area contributed by atoms with Crippen molar-refractivity contribution in [3.8, 4) is 6.07 Å². The molecule has 0 bridgehead atoms. The fourth-order valence-corrected chi connectivity index (χ4v) is 3.02. The molecule has 2 heterocycles. The molecular formula is C16H13N5S. The second-order valence-corrected chi connectivity index (χ2v) is 5.31. The summed E-state index contributed by atoms with van der Waals surface area (Å²) in [5.74, 6) is 1.26. The Kier molecular flexibility index (Phi) is 4.08. The van der Waals surface area contributed by atoms with E-state index in [4.69, 9.17) is 5.26 Å². The van der Waals surface area contributed by atoms with Gasteiger partial charge in [0, 0.05) is 24.7 Å². The van der Waals surface area contributed by atoms with Crippen LogP contribution in [-0.4, -0.2) is 17.0 Å². The number of nitriles is 1. The highest BCUT2D eigenvalue weighted by molar-refractivity contribution is 8.06. The fourth-order valence-electron chi connectivity index (χ4n) is 2.13. The lowest BCUT2D eigenvalue weighted by Gasteiger charge is -2.22. The van der Waals surface area contributed by atoms with Crippen molar-refractivity contribution in [3.05, 3.63) is 64.7 Å². The molecule has 0 unspecified atom stereocenters. The number of benzene rings is 1. The molecule has 0 radical (unpaired) electrons. The summed E-state index contributed by atoms with van der Waals surface area (Å²) in [7, 11) is 1.78. The summed E-state index contributed by atoms with van der Waals surface area (Å²) in [6.07, 6.45) is 3.22. The Balaban J connectivity index is 2.07. The molecule has 1 aliphatic rings. The number of nitrogens with zero attached hydrogens (tertiary/aromatic N) is 4. The quantitative estimate of drug-likeness (QED) is 0.876. The van der Waals surface area contributed by atoms with Gasteiger partial charge in [-0.1, -0.05) is 42.1 Å². The molecule has 2 aromatic rings. The molecule has 3 rings (SSSR count). The Morgan fingerprint density at radius 2 is 2.09 bits per heavy atom. The Labute approximate surface area is 133 Å². The van der Waals surface area contributed by atoms with Crippen LogP contribution in [0.15, 0.2) is 59.1 Å². The molecule has 0 saturated carbocycles. The topological polar surface area (TPSA) is 64.8 Å². The number of allylic oxidation sites excluding steroid dienone is 1. The van der Waals surface area contributed by atoms with Crippen LogP contribution in [0.3, 0.4) is 0 Å². The van der Waals surface area contributed by atoms with E-state index in [-0.39, 0.29) is 0 Å². The average molecular weight is 307 g/mol. The molecule has 0 spiro atoms. The van der Waals surface area contributed by atoms with Crippen LogP contribution in [0, 0.1) is 11.3 Å². The third kappa shape index (κ3) is 2.67. The zero-order chi connectivity index (χ0) is 15.4. The second kappa shape index (κ2) is 6.33. The van der Waals surface area contributed by atoms with E-state index in [1.165, 1.54) is 17.8 Å². The highest BCUT2D eigenvalue weighted by Gasteiger charge is 2.25. The molecular weight excluding hydrogens is 294 g/mol. The van der Waals surface area contributed by atoms with Crippen molar-refractivity contribution in [2.75, 3.05) is 17.3 Å². The lowest BCUT2D eigenvalue weighted by Crippen LogP contribution is -2.17. The molecule has 0 amide bonds. The first-order chi connectivity index (χ1) is 10.8. The minimum Gasteiger partial charge on any atom is -0.357 e. The first-order valence-corrected chi connectivity index (χ1v) is 7.54. The lowest BCUT2D eigenvalue weighted by molar-refractivity contribution is 1.10. The van der Waals surface area contributed by atoms with Gasteiger partial charge in [0.1, 0.15) is 5.82 Å². The standard InChI is InChI=1S/C16H13N5S/c1-18-16-19-10-8-14(20-16)21-13(11-22-15(21)7-9-17)12-5-3-2-4-6-12/h2-8,10-11H,1H3,(H,18,19,20). The molecule has 1 aromatic carbocycles. The van der Waals surface area contributed by atoms with Gasteiger partial charge < -0.3 is 5.32 Å². The molecule has 6 heteroatoms. The van der Waals surface area contributed by atoms with Crippen LogP contribution in [0.4, 0.5) is 11.8 Å². The maximum Gasteiger partial charge on any atom is 0.224 e. The summed E-state index contributed by atoms with van der Waals surface area (Å²) >= 11 is 1.51. The van der Waals surface area contributed by atoms with Gasteiger partial charge >= 0.3 is 0 Å². The van der Waals surface area contributed by atoms with Crippen LogP contribution < -0.4 is 10.2 Å². The van der Waals surface area contributed by atoms with Gasteiger partial charge in [0.25, 0.3) is 0 Å². The zero-order valence-corrected chi connectivity index (χ0v) is 12.7. The van der Waals surface area contributed by atoms with Gasteiger partial charge in [0.15, 0.2) is 0 Å². The van der Waals surface area contributed by atoms with Gasteiger partial charge in [0.2, 0.25) is 5.95 Å². The first kappa shape index (κ1) is 14.2. The number of nitrogens with one attached hydrogen (secondary N) is 1. The third-order valence-corrected chi connectivity index (χ3v) is 3.99. The summed E-state index contributed by atoms with van der Waals surface area (Å²) in [4.78, 5) is 10.6. The number of thioether (sulfide) groups is 1. The van der Waals surface area contributed by atoms with Crippen molar-refractivity contribution in [1.29, 1.82) is 5.26 Å². The Morgan fingerprint density at radius 1 is 1.27 bits per heavy atom. The van der Waals surface area contributed by atoms with Gasteiger partial charge in [-0.15, -0.1) is 0 Å². The predicted molar refractivity (Wildman–Crippen MR) is 89.8 cm³/mol. The van der Waals surface area contributed by atoms with Gasteiger partial charge in [-0.2, -0.15) is 10.2 Å². The van der Waals surface area contributed by atoms with Crippen LogP contribution in [-0.2, 0) is 0 Å². The molecule has 1 aromatic heterocycles. The summed E-state index contributed by atoms with van der Waals surface area (Å²) < 4.78 is 0. The normalized spacial score (nSPS) is 15.5. The number of anilines is 2. The summed E-state index contributed by atoms with van der Waals surface area (Å²) in [5, 5.41) is 14.8. The molecule has 0 saturated heterocycles. The van der Waals surface area contributed by atoms with Crippen molar-refractivity contribution >= 4 is 29.2 Å². The third-order valence-electron chi connectivity index (χ3n) is 3.10. The van der Waals surface area contributed by atoms with Gasteiger partial charge in [-0.05, 0) is 11.6 Å². The SMILES string of the molecule is CNc1nccc(N2C(=CC#N)SC=C2c2ccccc2)n1. The summed E-state index contributed by atoms with van der Waals surface area (Å²) in [6.45, 7) is 0. The maximum atomic E-state index is 9.01. The van der Waals surface area contributed by atoms with Crippen molar-refractivity contribution in [1.82, 2.24) is 9.97 Å².